The second-order valence-electron chi connectivity index (χ2n) is 6.49. The smallest absolute Gasteiger partial charge is 0.726 e. The van der Waals surface area contributed by atoms with E-state index in [0.29, 0.717) is 6.42 Å². The van der Waals surface area contributed by atoms with Gasteiger partial charge in [0.15, 0.2) is 0 Å². The Morgan fingerprint density at radius 1 is 0.640 bits per heavy atom. The van der Waals surface area contributed by atoms with Gasteiger partial charge in [-0.2, -0.15) is 0 Å². The fourth-order valence-corrected chi connectivity index (χ4v) is 3.11. The van der Waals surface area contributed by atoms with Crippen LogP contribution in [0.25, 0.3) is 0 Å². The maximum atomic E-state index is 10.2. The van der Waals surface area contributed by atoms with Crippen molar-refractivity contribution >= 4 is 16.7 Å². The van der Waals surface area contributed by atoms with Crippen LogP contribution in [0.15, 0.2) is 0 Å². The molecular weight excluding hydrogens is 351 g/mol. The van der Waals surface area contributed by atoms with E-state index in [1.165, 1.54) is 70.6 Å². The van der Waals surface area contributed by atoms with Crippen LogP contribution < -0.4 is 29.6 Å². The summed E-state index contributed by atoms with van der Waals surface area (Å²) in [5.41, 5.74) is 0. The molecule has 0 N–H and O–H groups in total. The molecule has 0 amide bonds. The molecule has 0 aromatic carbocycles. The minimum atomic E-state index is -4.51. The van der Waals surface area contributed by atoms with Crippen molar-refractivity contribution in [2.45, 2.75) is 103 Å². The number of hydrogen-bond acceptors (Lipinski definition) is 5. The average Bonchev–Trinajstić information content (AvgIpc) is 2.52. The second-order valence-corrected chi connectivity index (χ2v) is 7.54. The van der Waals surface area contributed by atoms with Gasteiger partial charge in [-0.05, 0) is 12.8 Å². The minimum absolute atomic E-state index is 0. The standard InChI is InChI=1S/C18H36O5S.Na/c19-17-15-13-11-9-7-5-3-1-2-4-6-8-10-12-14-16-18-23-24(20,21)22;/h17H,1-16,18H2,(H,20,21,22);/q;+1/p-1. The van der Waals surface area contributed by atoms with E-state index in [9.17, 15) is 17.8 Å². The first-order valence-corrected chi connectivity index (χ1v) is 10.9. The average molecular weight is 387 g/mol. The van der Waals surface area contributed by atoms with E-state index in [4.69, 9.17) is 0 Å². The van der Waals surface area contributed by atoms with Crippen molar-refractivity contribution in [3.63, 3.8) is 0 Å². The monoisotopic (exact) mass is 386 g/mol. The zero-order chi connectivity index (χ0) is 17.9. The van der Waals surface area contributed by atoms with Crippen LogP contribution in [0.3, 0.4) is 0 Å². The molecule has 0 rings (SSSR count). The summed E-state index contributed by atoms with van der Waals surface area (Å²) < 4.78 is 34.8. The first-order valence-electron chi connectivity index (χ1n) is 9.60. The Morgan fingerprint density at radius 3 is 1.28 bits per heavy atom. The summed E-state index contributed by atoms with van der Waals surface area (Å²) in [6.07, 6.45) is 19.4. The third-order valence-corrected chi connectivity index (χ3v) is 4.65. The van der Waals surface area contributed by atoms with E-state index in [1.807, 2.05) is 0 Å². The Morgan fingerprint density at radius 2 is 0.960 bits per heavy atom. The third kappa shape index (κ3) is 26.9. The molecule has 25 heavy (non-hydrogen) atoms. The summed E-state index contributed by atoms with van der Waals surface area (Å²) in [6.45, 7) is 0.0168. The van der Waals surface area contributed by atoms with Gasteiger partial charge in [0, 0.05) is 6.42 Å². The summed E-state index contributed by atoms with van der Waals surface area (Å²) in [6, 6.07) is 0. The van der Waals surface area contributed by atoms with E-state index >= 15 is 0 Å². The number of unbranched alkanes of at least 4 members (excludes halogenated alkanes) is 15. The van der Waals surface area contributed by atoms with E-state index in [-0.39, 0.29) is 36.2 Å². The molecule has 0 radical (unpaired) electrons. The van der Waals surface area contributed by atoms with Crippen LogP contribution in [0.1, 0.15) is 103 Å². The molecule has 0 bridgehead atoms. The number of carbonyl (C=O) groups is 1. The van der Waals surface area contributed by atoms with Gasteiger partial charge in [0.05, 0.1) is 6.61 Å². The van der Waals surface area contributed by atoms with E-state index < -0.39 is 10.4 Å². The quantitative estimate of drug-likeness (QED) is 0.111. The van der Waals surface area contributed by atoms with E-state index in [2.05, 4.69) is 4.18 Å². The van der Waals surface area contributed by atoms with Gasteiger partial charge in [-0.1, -0.05) is 83.5 Å². The Balaban J connectivity index is 0. The van der Waals surface area contributed by atoms with Crippen LogP contribution in [-0.2, 0) is 19.4 Å². The Kier molecular flexibility index (Phi) is 23.1. The van der Waals surface area contributed by atoms with Gasteiger partial charge >= 0.3 is 29.6 Å². The molecule has 0 spiro atoms. The van der Waals surface area contributed by atoms with E-state index in [1.54, 1.807) is 0 Å². The topological polar surface area (TPSA) is 83.5 Å². The Bertz CT molecular complexity index is 374. The summed E-state index contributed by atoms with van der Waals surface area (Å²) in [7, 11) is -4.51. The molecule has 0 saturated carbocycles. The molecule has 0 atom stereocenters. The first-order chi connectivity index (χ1) is 11.6. The number of rotatable bonds is 19. The Labute approximate surface area is 176 Å². The van der Waals surface area contributed by atoms with Gasteiger partial charge in [-0.15, -0.1) is 0 Å². The molecule has 0 fully saturated rings. The van der Waals surface area contributed by atoms with Gasteiger partial charge in [0.25, 0.3) is 0 Å². The van der Waals surface area contributed by atoms with Crippen molar-refractivity contribution < 1.29 is 51.5 Å². The zero-order valence-corrected chi connectivity index (χ0v) is 18.9. The maximum Gasteiger partial charge on any atom is 1.00 e. The van der Waals surface area contributed by atoms with Crippen molar-refractivity contribution in [3.05, 3.63) is 0 Å². The molecule has 0 aliphatic carbocycles. The van der Waals surface area contributed by atoms with Crippen molar-refractivity contribution in [2.24, 2.45) is 0 Å². The number of aldehydes is 1. The summed E-state index contributed by atoms with van der Waals surface area (Å²) in [5, 5.41) is 0. The normalized spacial score (nSPS) is 11.2. The molecule has 0 aliphatic rings. The van der Waals surface area contributed by atoms with Crippen molar-refractivity contribution in [2.75, 3.05) is 6.61 Å². The van der Waals surface area contributed by atoms with Gasteiger partial charge in [0.1, 0.15) is 6.29 Å². The molecular formula is C18H35NaO5S. The fourth-order valence-electron chi connectivity index (χ4n) is 2.79. The van der Waals surface area contributed by atoms with Crippen molar-refractivity contribution in [1.82, 2.24) is 0 Å². The van der Waals surface area contributed by atoms with Crippen LogP contribution in [0.5, 0.6) is 0 Å². The maximum absolute atomic E-state index is 10.2. The van der Waals surface area contributed by atoms with Gasteiger partial charge < -0.3 is 9.35 Å². The number of hydrogen-bond donors (Lipinski definition) is 0. The molecule has 0 saturated heterocycles. The van der Waals surface area contributed by atoms with Gasteiger partial charge in [0.2, 0.25) is 10.4 Å². The van der Waals surface area contributed by atoms with Gasteiger partial charge in [-0.3, -0.25) is 4.18 Å². The SMILES string of the molecule is O=CCCCCCCCCCCCCCCCCCOS(=O)(=O)[O-].[Na+]. The minimum Gasteiger partial charge on any atom is -0.726 e. The third-order valence-electron chi connectivity index (χ3n) is 4.19. The van der Waals surface area contributed by atoms with Crippen LogP contribution in [-0.4, -0.2) is 25.9 Å². The predicted molar refractivity (Wildman–Crippen MR) is 95.6 cm³/mol. The Hall–Kier alpha value is 0.540. The van der Waals surface area contributed by atoms with Crippen molar-refractivity contribution in [3.8, 4) is 0 Å². The molecule has 144 valence electrons. The summed E-state index contributed by atoms with van der Waals surface area (Å²) in [4.78, 5) is 10.2. The van der Waals surface area contributed by atoms with Gasteiger partial charge in [-0.25, -0.2) is 8.42 Å². The summed E-state index contributed by atoms with van der Waals surface area (Å²) >= 11 is 0. The number of carbonyl (C=O) groups excluding carboxylic acids is 1. The first kappa shape index (κ1) is 27.8. The fraction of sp³-hybridized carbons (Fsp3) is 0.944. The molecule has 0 aromatic heterocycles. The predicted octanol–water partition coefficient (Wildman–Crippen LogP) is 1.91. The molecule has 0 aliphatic heterocycles. The zero-order valence-electron chi connectivity index (χ0n) is 16.0. The van der Waals surface area contributed by atoms with Crippen LogP contribution >= 0.6 is 0 Å². The van der Waals surface area contributed by atoms with Crippen molar-refractivity contribution in [1.29, 1.82) is 0 Å². The molecule has 0 aromatic rings. The second kappa shape index (κ2) is 20.8. The summed E-state index contributed by atoms with van der Waals surface area (Å²) in [5.74, 6) is 0. The van der Waals surface area contributed by atoms with Crippen LogP contribution in [0.2, 0.25) is 0 Å². The van der Waals surface area contributed by atoms with Crippen LogP contribution in [0, 0.1) is 0 Å². The molecule has 0 heterocycles. The van der Waals surface area contributed by atoms with Crippen LogP contribution in [0.4, 0.5) is 0 Å². The molecule has 0 unspecified atom stereocenters. The molecule has 7 heteroatoms. The largest absolute Gasteiger partial charge is 1.00 e. The van der Waals surface area contributed by atoms with E-state index in [0.717, 1.165) is 32.0 Å². The molecule has 5 nitrogen and oxygen atoms in total.